The maximum Gasteiger partial charge on any atom is 0.224 e. The molecule has 1 aliphatic heterocycles. The van der Waals surface area contributed by atoms with Crippen molar-refractivity contribution in [1.29, 1.82) is 0 Å². The van der Waals surface area contributed by atoms with Gasteiger partial charge in [0, 0.05) is 25.7 Å². The first-order chi connectivity index (χ1) is 12.6. The highest BCUT2D eigenvalue weighted by atomic mass is 16.5. The number of rotatable bonds is 6. The number of carbonyl (C=O) groups excluding carboxylic acids is 1. The molecule has 0 atom stereocenters. The monoisotopic (exact) mass is 352 g/mol. The van der Waals surface area contributed by atoms with E-state index in [9.17, 15) is 4.79 Å². The number of piperidine rings is 1. The maximum absolute atomic E-state index is 12.3. The van der Waals surface area contributed by atoms with Crippen LogP contribution in [0.15, 0.2) is 48.5 Å². The van der Waals surface area contributed by atoms with Gasteiger partial charge in [-0.05, 0) is 43.0 Å². The second-order valence-electron chi connectivity index (χ2n) is 7.13. The Morgan fingerprint density at radius 3 is 2.50 bits per heavy atom. The van der Waals surface area contributed by atoms with Crippen LogP contribution in [-0.2, 0) is 17.8 Å². The second kappa shape index (κ2) is 8.86. The molecule has 4 nitrogen and oxygen atoms in total. The summed E-state index contributed by atoms with van der Waals surface area (Å²) in [5.41, 5.74) is 3.69. The number of hydrogen-bond acceptors (Lipinski definition) is 3. The van der Waals surface area contributed by atoms with Crippen LogP contribution in [0.4, 0.5) is 0 Å². The van der Waals surface area contributed by atoms with Gasteiger partial charge in [-0.15, -0.1) is 0 Å². The van der Waals surface area contributed by atoms with E-state index in [1.165, 1.54) is 11.1 Å². The Balaban J connectivity index is 1.42. The molecule has 4 heteroatoms. The van der Waals surface area contributed by atoms with Crippen molar-refractivity contribution in [1.82, 2.24) is 10.2 Å². The van der Waals surface area contributed by atoms with Crippen LogP contribution in [0.1, 0.15) is 29.5 Å². The van der Waals surface area contributed by atoms with Crippen molar-refractivity contribution in [2.24, 2.45) is 0 Å². The lowest BCUT2D eigenvalue weighted by molar-refractivity contribution is -0.121. The first-order valence-electron chi connectivity index (χ1n) is 9.32. The van der Waals surface area contributed by atoms with E-state index in [0.29, 0.717) is 6.42 Å². The summed E-state index contributed by atoms with van der Waals surface area (Å²) >= 11 is 0. The van der Waals surface area contributed by atoms with Gasteiger partial charge in [-0.2, -0.15) is 0 Å². The van der Waals surface area contributed by atoms with Crippen LogP contribution in [0.5, 0.6) is 5.75 Å². The molecule has 0 saturated carbocycles. The number of methoxy groups -OCH3 is 1. The highest BCUT2D eigenvalue weighted by Gasteiger charge is 2.20. The van der Waals surface area contributed by atoms with E-state index in [1.54, 1.807) is 7.11 Å². The van der Waals surface area contributed by atoms with E-state index in [4.69, 9.17) is 4.74 Å². The molecule has 0 radical (unpaired) electrons. The maximum atomic E-state index is 12.3. The fourth-order valence-corrected chi connectivity index (χ4v) is 3.51. The van der Waals surface area contributed by atoms with Crippen LogP contribution in [-0.4, -0.2) is 37.0 Å². The Hall–Kier alpha value is -2.33. The third-order valence-electron chi connectivity index (χ3n) is 4.97. The average molecular weight is 352 g/mol. The van der Waals surface area contributed by atoms with Gasteiger partial charge in [-0.25, -0.2) is 0 Å². The number of hydrogen-bond donors (Lipinski definition) is 1. The van der Waals surface area contributed by atoms with Gasteiger partial charge in [0.2, 0.25) is 5.91 Å². The molecule has 138 valence electrons. The van der Waals surface area contributed by atoms with Gasteiger partial charge in [-0.1, -0.05) is 42.0 Å². The molecule has 1 amide bonds. The number of benzene rings is 2. The summed E-state index contributed by atoms with van der Waals surface area (Å²) in [6.45, 7) is 5.19. The largest absolute Gasteiger partial charge is 0.497 e. The molecule has 1 heterocycles. The Morgan fingerprint density at radius 2 is 1.85 bits per heavy atom. The number of ether oxygens (including phenoxy) is 1. The molecule has 1 fully saturated rings. The topological polar surface area (TPSA) is 41.6 Å². The van der Waals surface area contributed by atoms with Gasteiger partial charge < -0.3 is 10.1 Å². The van der Waals surface area contributed by atoms with Gasteiger partial charge in [0.15, 0.2) is 0 Å². The van der Waals surface area contributed by atoms with Crippen LogP contribution in [0.2, 0.25) is 0 Å². The zero-order valence-electron chi connectivity index (χ0n) is 15.7. The lowest BCUT2D eigenvalue weighted by atomic mass is 10.0. The van der Waals surface area contributed by atoms with Crippen molar-refractivity contribution in [3.05, 3.63) is 65.2 Å². The summed E-state index contributed by atoms with van der Waals surface area (Å²) < 4.78 is 5.15. The normalized spacial score (nSPS) is 15.6. The van der Waals surface area contributed by atoms with E-state index in [1.807, 2.05) is 24.3 Å². The van der Waals surface area contributed by atoms with Crippen LogP contribution in [0.25, 0.3) is 0 Å². The SMILES string of the molecule is COc1ccc(CC(=O)NC2CCN(Cc3cccc(C)c3)CC2)cc1. The van der Waals surface area contributed by atoms with Gasteiger partial charge in [0.05, 0.1) is 13.5 Å². The van der Waals surface area contributed by atoms with Crippen molar-refractivity contribution in [3.63, 3.8) is 0 Å². The first-order valence-corrected chi connectivity index (χ1v) is 9.32. The molecule has 0 aromatic heterocycles. The summed E-state index contributed by atoms with van der Waals surface area (Å²) in [4.78, 5) is 14.8. The fourth-order valence-electron chi connectivity index (χ4n) is 3.51. The van der Waals surface area contributed by atoms with Crippen LogP contribution < -0.4 is 10.1 Å². The van der Waals surface area contributed by atoms with E-state index < -0.39 is 0 Å². The van der Waals surface area contributed by atoms with Gasteiger partial charge in [-0.3, -0.25) is 9.69 Å². The Labute approximate surface area is 156 Å². The standard InChI is InChI=1S/C22H28N2O2/c1-17-4-3-5-19(14-17)16-24-12-10-20(11-13-24)23-22(25)15-18-6-8-21(26-2)9-7-18/h3-9,14,20H,10-13,15-16H2,1-2H3,(H,23,25). The number of likely N-dealkylation sites (tertiary alicyclic amines) is 1. The third-order valence-corrected chi connectivity index (χ3v) is 4.97. The molecule has 3 rings (SSSR count). The highest BCUT2D eigenvalue weighted by Crippen LogP contribution is 2.16. The van der Waals surface area contributed by atoms with Crippen molar-refractivity contribution >= 4 is 5.91 Å². The van der Waals surface area contributed by atoms with E-state index in [-0.39, 0.29) is 11.9 Å². The lowest BCUT2D eigenvalue weighted by Crippen LogP contribution is -2.44. The number of carbonyl (C=O) groups is 1. The lowest BCUT2D eigenvalue weighted by Gasteiger charge is -2.32. The van der Waals surface area contributed by atoms with Gasteiger partial charge in [0.1, 0.15) is 5.75 Å². The van der Waals surface area contributed by atoms with Crippen molar-refractivity contribution in [3.8, 4) is 5.75 Å². The van der Waals surface area contributed by atoms with E-state index in [0.717, 1.165) is 43.8 Å². The summed E-state index contributed by atoms with van der Waals surface area (Å²) in [5, 5.41) is 3.19. The zero-order valence-corrected chi connectivity index (χ0v) is 15.7. The Morgan fingerprint density at radius 1 is 1.12 bits per heavy atom. The van der Waals surface area contributed by atoms with Crippen molar-refractivity contribution in [2.45, 2.75) is 38.8 Å². The fraction of sp³-hybridized carbons (Fsp3) is 0.409. The molecular weight excluding hydrogens is 324 g/mol. The summed E-state index contributed by atoms with van der Waals surface area (Å²) in [7, 11) is 1.65. The minimum absolute atomic E-state index is 0.104. The Bertz CT molecular complexity index is 719. The van der Waals surface area contributed by atoms with Gasteiger partial charge >= 0.3 is 0 Å². The number of nitrogens with one attached hydrogen (secondary N) is 1. The Kier molecular flexibility index (Phi) is 6.29. The predicted molar refractivity (Wildman–Crippen MR) is 104 cm³/mol. The minimum Gasteiger partial charge on any atom is -0.497 e. The van der Waals surface area contributed by atoms with Crippen molar-refractivity contribution < 1.29 is 9.53 Å². The molecular formula is C22H28N2O2. The summed E-state index contributed by atoms with van der Waals surface area (Å²) in [5.74, 6) is 0.919. The first kappa shape index (κ1) is 18.5. The zero-order chi connectivity index (χ0) is 18.4. The van der Waals surface area contributed by atoms with E-state index >= 15 is 0 Å². The molecule has 2 aromatic carbocycles. The second-order valence-corrected chi connectivity index (χ2v) is 7.13. The predicted octanol–water partition coefficient (Wildman–Crippen LogP) is 3.33. The molecule has 2 aromatic rings. The quantitative estimate of drug-likeness (QED) is 0.867. The molecule has 0 bridgehead atoms. The minimum atomic E-state index is 0.104. The van der Waals surface area contributed by atoms with Crippen molar-refractivity contribution in [2.75, 3.05) is 20.2 Å². The molecule has 0 spiro atoms. The number of amides is 1. The summed E-state index contributed by atoms with van der Waals surface area (Å²) in [6.07, 6.45) is 2.45. The molecule has 1 saturated heterocycles. The number of aryl methyl sites for hydroxylation is 1. The average Bonchev–Trinajstić information content (AvgIpc) is 2.64. The highest BCUT2D eigenvalue weighted by molar-refractivity contribution is 5.78. The third kappa shape index (κ3) is 5.33. The van der Waals surface area contributed by atoms with Gasteiger partial charge in [0.25, 0.3) is 0 Å². The molecule has 1 N–H and O–H groups in total. The molecule has 1 aliphatic rings. The summed E-state index contributed by atoms with van der Waals surface area (Å²) in [6, 6.07) is 16.7. The van der Waals surface area contributed by atoms with E-state index in [2.05, 4.69) is 41.4 Å². The molecule has 26 heavy (non-hydrogen) atoms. The van der Waals surface area contributed by atoms with Crippen LogP contribution in [0, 0.1) is 6.92 Å². The number of nitrogens with zero attached hydrogens (tertiary/aromatic N) is 1. The molecule has 0 aliphatic carbocycles. The molecule has 0 unspecified atom stereocenters. The smallest absolute Gasteiger partial charge is 0.224 e. The van der Waals surface area contributed by atoms with Crippen LogP contribution >= 0.6 is 0 Å². The van der Waals surface area contributed by atoms with Crippen LogP contribution in [0.3, 0.4) is 0 Å².